The molecule has 0 saturated carbocycles. The highest BCUT2D eigenvalue weighted by Crippen LogP contribution is 2.32. The number of ether oxygens (including phenoxy) is 2. The van der Waals surface area contributed by atoms with Gasteiger partial charge in [0.05, 0.1) is 12.0 Å². The van der Waals surface area contributed by atoms with Crippen molar-refractivity contribution in [3.63, 3.8) is 0 Å². The highest BCUT2D eigenvalue weighted by molar-refractivity contribution is 7.90. The number of carbonyl (C=O) groups is 2. The summed E-state index contributed by atoms with van der Waals surface area (Å²) in [6, 6.07) is 12.7. The molecule has 2 aromatic carbocycles. The van der Waals surface area contributed by atoms with E-state index in [9.17, 15) is 18.0 Å². The lowest BCUT2D eigenvalue weighted by atomic mass is 10.2. The maximum Gasteiger partial charge on any atom is 0.264 e. The Morgan fingerprint density at radius 3 is 2.41 bits per heavy atom. The molecule has 1 N–H and O–H groups in total. The SMILES string of the molecule is COc1cccc(C2OC(c3ccc(S(=O)(=O)NC(C)=O)cc3)=NN2C(C)=O)c1. The van der Waals surface area contributed by atoms with Crippen LogP contribution in [0.4, 0.5) is 0 Å². The van der Waals surface area contributed by atoms with Crippen LogP contribution in [0.15, 0.2) is 58.5 Å². The Kier molecular flexibility index (Phi) is 5.55. The van der Waals surface area contributed by atoms with Gasteiger partial charge in [0.15, 0.2) is 0 Å². The van der Waals surface area contributed by atoms with Crippen LogP contribution in [-0.4, -0.2) is 38.2 Å². The second kappa shape index (κ2) is 7.92. The van der Waals surface area contributed by atoms with E-state index in [0.717, 1.165) is 6.92 Å². The molecule has 3 rings (SSSR count). The highest BCUT2D eigenvalue weighted by Gasteiger charge is 2.33. The number of sulfonamides is 1. The molecule has 0 spiro atoms. The average molecular weight is 417 g/mol. The number of methoxy groups -OCH3 is 1. The Hall–Kier alpha value is -3.40. The van der Waals surface area contributed by atoms with Crippen molar-refractivity contribution in [3.8, 4) is 5.75 Å². The minimum Gasteiger partial charge on any atom is -0.497 e. The van der Waals surface area contributed by atoms with Gasteiger partial charge in [0.1, 0.15) is 5.75 Å². The van der Waals surface area contributed by atoms with E-state index < -0.39 is 22.2 Å². The molecule has 29 heavy (non-hydrogen) atoms. The molecule has 10 heteroatoms. The van der Waals surface area contributed by atoms with Gasteiger partial charge in [0.25, 0.3) is 10.0 Å². The van der Waals surface area contributed by atoms with E-state index in [0.29, 0.717) is 16.9 Å². The number of nitrogens with zero attached hydrogens (tertiary/aromatic N) is 2. The van der Waals surface area contributed by atoms with E-state index in [1.807, 2.05) is 4.72 Å². The summed E-state index contributed by atoms with van der Waals surface area (Å²) >= 11 is 0. The Morgan fingerprint density at radius 2 is 1.83 bits per heavy atom. The third-order valence-electron chi connectivity index (χ3n) is 4.04. The van der Waals surface area contributed by atoms with Crippen molar-refractivity contribution in [3.05, 3.63) is 59.7 Å². The van der Waals surface area contributed by atoms with Gasteiger partial charge < -0.3 is 9.47 Å². The summed E-state index contributed by atoms with van der Waals surface area (Å²) < 4.78 is 37.1. The third-order valence-corrected chi connectivity index (χ3v) is 5.48. The predicted octanol–water partition coefficient (Wildman–Crippen LogP) is 1.76. The lowest BCUT2D eigenvalue weighted by Crippen LogP contribution is -2.28. The number of benzene rings is 2. The van der Waals surface area contributed by atoms with Gasteiger partial charge in [-0.1, -0.05) is 12.1 Å². The molecule has 0 saturated heterocycles. The van der Waals surface area contributed by atoms with Gasteiger partial charge in [-0.15, -0.1) is 5.10 Å². The second-order valence-corrected chi connectivity index (χ2v) is 7.88. The summed E-state index contributed by atoms with van der Waals surface area (Å²) in [5.41, 5.74) is 1.14. The smallest absolute Gasteiger partial charge is 0.264 e. The lowest BCUT2D eigenvalue weighted by Gasteiger charge is -2.19. The zero-order valence-electron chi connectivity index (χ0n) is 15.9. The number of amides is 2. The van der Waals surface area contributed by atoms with E-state index in [4.69, 9.17) is 9.47 Å². The molecule has 0 fully saturated rings. The zero-order valence-corrected chi connectivity index (χ0v) is 16.8. The molecule has 1 aliphatic rings. The first-order chi connectivity index (χ1) is 13.7. The quantitative estimate of drug-likeness (QED) is 0.793. The van der Waals surface area contributed by atoms with Crippen LogP contribution in [0.2, 0.25) is 0 Å². The molecule has 1 heterocycles. The Balaban J connectivity index is 1.88. The molecule has 2 amide bonds. The summed E-state index contributed by atoms with van der Waals surface area (Å²) in [7, 11) is -2.41. The first kappa shape index (κ1) is 20.3. The molecule has 1 aliphatic heterocycles. The van der Waals surface area contributed by atoms with Crippen LogP contribution < -0.4 is 9.46 Å². The first-order valence-electron chi connectivity index (χ1n) is 8.54. The topological polar surface area (TPSA) is 114 Å². The van der Waals surface area contributed by atoms with Gasteiger partial charge in [-0.25, -0.2) is 13.1 Å². The lowest BCUT2D eigenvalue weighted by molar-refractivity contribution is -0.135. The maximum atomic E-state index is 12.1. The van der Waals surface area contributed by atoms with Crippen LogP contribution in [-0.2, 0) is 24.3 Å². The molecule has 0 aromatic heterocycles. The van der Waals surface area contributed by atoms with Crippen LogP contribution >= 0.6 is 0 Å². The number of hydrogen-bond donors (Lipinski definition) is 1. The molecular weight excluding hydrogens is 398 g/mol. The van der Waals surface area contributed by atoms with E-state index in [-0.39, 0.29) is 16.7 Å². The van der Waals surface area contributed by atoms with E-state index in [1.54, 1.807) is 24.3 Å². The first-order valence-corrected chi connectivity index (χ1v) is 10.0. The maximum absolute atomic E-state index is 12.1. The van der Waals surface area contributed by atoms with Crippen molar-refractivity contribution < 1.29 is 27.5 Å². The molecule has 0 radical (unpaired) electrons. The van der Waals surface area contributed by atoms with Gasteiger partial charge in [-0.05, 0) is 36.4 Å². The molecule has 2 aromatic rings. The van der Waals surface area contributed by atoms with Gasteiger partial charge in [-0.2, -0.15) is 5.01 Å². The number of hydrogen-bond acceptors (Lipinski definition) is 7. The summed E-state index contributed by atoms with van der Waals surface area (Å²) in [4.78, 5) is 23.0. The molecule has 1 atom stereocenters. The van der Waals surface area contributed by atoms with Crippen LogP contribution in [0, 0.1) is 0 Å². The molecule has 1 unspecified atom stereocenters. The van der Waals surface area contributed by atoms with E-state index in [1.165, 1.54) is 43.3 Å². The van der Waals surface area contributed by atoms with Crippen LogP contribution in [0.1, 0.15) is 31.2 Å². The summed E-state index contributed by atoms with van der Waals surface area (Å²) in [5, 5.41) is 5.43. The predicted molar refractivity (Wildman–Crippen MR) is 103 cm³/mol. The highest BCUT2D eigenvalue weighted by atomic mass is 32.2. The van der Waals surface area contributed by atoms with E-state index in [2.05, 4.69) is 5.10 Å². The van der Waals surface area contributed by atoms with Crippen molar-refractivity contribution in [2.45, 2.75) is 25.0 Å². The van der Waals surface area contributed by atoms with Gasteiger partial charge in [-0.3, -0.25) is 9.59 Å². The van der Waals surface area contributed by atoms with Gasteiger partial charge >= 0.3 is 0 Å². The minimum absolute atomic E-state index is 0.0807. The molecule has 0 bridgehead atoms. The van der Waals surface area contributed by atoms with Gasteiger partial charge in [0.2, 0.25) is 23.9 Å². The Labute approximate surface area is 168 Å². The number of carbonyl (C=O) groups excluding carboxylic acids is 2. The molecular formula is C19H19N3O6S. The van der Waals surface area contributed by atoms with Crippen LogP contribution in [0.25, 0.3) is 0 Å². The van der Waals surface area contributed by atoms with Crippen molar-refractivity contribution in [2.75, 3.05) is 7.11 Å². The summed E-state index contributed by atoms with van der Waals surface area (Å²) in [6.07, 6.45) is -0.777. The zero-order chi connectivity index (χ0) is 21.2. The van der Waals surface area contributed by atoms with Crippen molar-refractivity contribution in [2.24, 2.45) is 5.10 Å². The fourth-order valence-corrected chi connectivity index (χ4v) is 3.71. The standard InChI is InChI=1S/C19H19N3O6S/c1-12(23)21-29(25,26)17-9-7-14(8-10-17)18-20-22(13(2)24)19(28-18)15-5-4-6-16(11-15)27-3/h4-11,19H,1-3H3,(H,21,23). The van der Waals surface area contributed by atoms with Crippen LogP contribution in [0.5, 0.6) is 5.75 Å². The van der Waals surface area contributed by atoms with Crippen LogP contribution in [0.3, 0.4) is 0 Å². The fourth-order valence-electron chi connectivity index (χ4n) is 2.72. The van der Waals surface area contributed by atoms with E-state index >= 15 is 0 Å². The summed E-state index contributed by atoms with van der Waals surface area (Å²) in [5.74, 6) is -0.236. The third kappa shape index (κ3) is 4.37. The van der Waals surface area contributed by atoms with Crippen molar-refractivity contribution in [1.82, 2.24) is 9.73 Å². The largest absolute Gasteiger partial charge is 0.497 e. The number of rotatable bonds is 5. The Bertz CT molecular complexity index is 1080. The molecule has 152 valence electrons. The average Bonchev–Trinajstić information content (AvgIpc) is 3.13. The Morgan fingerprint density at radius 1 is 1.14 bits per heavy atom. The minimum atomic E-state index is -3.94. The second-order valence-electron chi connectivity index (χ2n) is 6.20. The van der Waals surface area contributed by atoms with Crippen molar-refractivity contribution >= 4 is 27.7 Å². The number of nitrogens with one attached hydrogen (secondary N) is 1. The van der Waals surface area contributed by atoms with Gasteiger partial charge in [0, 0.05) is 25.0 Å². The number of hydrazone groups is 1. The molecule has 9 nitrogen and oxygen atoms in total. The fraction of sp³-hybridized carbons (Fsp3) is 0.211. The van der Waals surface area contributed by atoms with Crippen molar-refractivity contribution in [1.29, 1.82) is 0 Å². The molecule has 0 aliphatic carbocycles. The monoisotopic (exact) mass is 417 g/mol. The normalized spacial score (nSPS) is 16.0. The summed E-state index contributed by atoms with van der Waals surface area (Å²) in [6.45, 7) is 2.48.